The number of methoxy groups -OCH3 is 2. The molecule has 0 aliphatic carbocycles. The summed E-state index contributed by atoms with van der Waals surface area (Å²) in [5.41, 5.74) is 1.07. The Labute approximate surface area is 183 Å². The summed E-state index contributed by atoms with van der Waals surface area (Å²) in [6.45, 7) is 4.17. The van der Waals surface area contributed by atoms with Crippen molar-refractivity contribution in [2.24, 2.45) is 0 Å². The average molecular weight is 436 g/mol. The molecule has 0 aromatic heterocycles. The summed E-state index contributed by atoms with van der Waals surface area (Å²) < 4.78 is 14.9. The molecule has 7 heteroatoms. The van der Waals surface area contributed by atoms with E-state index >= 15 is 0 Å². The number of rotatable bonds is 12. The molecule has 1 heterocycles. The van der Waals surface area contributed by atoms with Crippen molar-refractivity contribution >= 4 is 23.8 Å². The normalized spacial score (nSPS) is 18.8. The van der Waals surface area contributed by atoms with Crippen LogP contribution in [0.15, 0.2) is 42.5 Å². The number of hydrogen-bond acceptors (Lipinski definition) is 6. The molecule has 2 atom stereocenters. The van der Waals surface area contributed by atoms with Crippen molar-refractivity contribution in [3.05, 3.63) is 48.0 Å². The lowest BCUT2D eigenvalue weighted by Crippen LogP contribution is -2.49. The monoisotopic (exact) mass is 435 g/mol. The predicted octanol–water partition coefficient (Wildman–Crippen LogP) is 4.43. The van der Waals surface area contributed by atoms with Gasteiger partial charge in [-0.15, -0.1) is 11.8 Å². The van der Waals surface area contributed by atoms with Gasteiger partial charge in [0.2, 0.25) is 0 Å². The van der Waals surface area contributed by atoms with Crippen LogP contribution in [0.2, 0.25) is 0 Å². The molecule has 0 unspecified atom stereocenters. The molecule has 0 radical (unpaired) electrons. The summed E-state index contributed by atoms with van der Waals surface area (Å²) in [6.07, 6.45) is 6.13. The molecule has 2 rings (SSSR count). The van der Waals surface area contributed by atoms with Crippen molar-refractivity contribution in [1.29, 1.82) is 0 Å². The summed E-state index contributed by atoms with van der Waals surface area (Å²) in [7, 11) is 3.19. The second kappa shape index (κ2) is 12.1. The number of carbonyl (C=O) groups is 2. The Morgan fingerprint density at radius 1 is 1.33 bits per heavy atom. The zero-order valence-corrected chi connectivity index (χ0v) is 19.2. The van der Waals surface area contributed by atoms with Gasteiger partial charge in [-0.1, -0.05) is 55.8 Å². The maximum absolute atomic E-state index is 13.6. The number of amides is 2. The molecule has 2 amide bonds. The fourth-order valence-electron chi connectivity index (χ4n) is 3.34. The fourth-order valence-corrected chi connectivity index (χ4v) is 4.49. The second-order valence-electron chi connectivity index (χ2n) is 7.43. The third kappa shape index (κ3) is 6.59. The van der Waals surface area contributed by atoms with Crippen LogP contribution in [0.5, 0.6) is 0 Å². The fraction of sp³-hybridized carbons (Fsp3) is 0.565. The van der Waals surface area contributed by atoms with Crippen molar-refractivity contribution in [3.8, 4) is 0 Å². The molecule has 0 bridgehead atoms. The minimum Gasteiger partial charge on any atom is -0.447 e. The van der Waals surface area contributed by atoms with E-state index in [1.54, 1.807) is 14.2 Å². The van der Waals surface area contributed by atoms with Gasteiger partial charge in [-0.3, -0.25) is 4.79 Å². The first-order valence-electron chi connectivity index (χ1n) is 10.4. The standard InChI is InChI=1S/C23H33NO5S/c1-5-6-10-14-23(2,30-15-13-20(27-3)28-4)21(25)24-19(17-29-22(24)26)16-18-11-8-7-9-12-18/h7-12,14,19-20H,5-6,13,15-17H2,1-4H3/b14-10+/t19-,23+/m1/s1. The number of benzene rings is 1. The lowest BCUT2D eigenvalue weighted by molar-refractivity contribution is -0.130. The highest BCUT2D eigenvalue weighted by Gasteiger charge is 2.45. The zero-order valence-electron chi connectivity index (χ0n) is 18.3. The van der Waals surface area contributed by atoms with E-state index in [0.29, 0.717) is 18.6 Å². The van der Waals surface area contributed by atoms with Crippen LogP contribution in [0.4, 0.5) is 4.79 Å². The zero-order chi connectivity index (χ0) is 22.0. The summed E-state index contributed by atoms with van der Waals surface area (Å²) in [5, 5.41) is 0. The van der Waals surface area contributed by atoms with Gasteiger partial charge in [0, 0.05) is 20.6 Å². The minimum absolute atomic E-state index is 0.217. The van der Waals surface area contributed by atoms with Gasteiger partial charge < -0.3 is 14.2 Å². The van der Waals surface area contributed by atoms with Gasteiger partial charge in [0.25, 0.3) is 5.91 Å². The highest BCUT2D eigenvalue weighted by molar-refractivity contribution is 8.01. The summed E-state index contributed by atoms with van der Waals surface area (Å²) in [5.74, 6) is 0.409. The lowest BCUT2D eigenvalue weighted by atomic mass is 10.0. The Morgan fingerprint density at radius 2 is 2.03 bits per heavy atom. The van der Waals surface area contributed by atoms with Crippen molar-refractivity contribution < 1.29 is 23.8 Å². The highest BCUT2D eigenvalue weighted by atomic mass is 32.2. The molecule has 1 aliphatic rings. The molecule has 30 heavy (non-hydrogen) atoms. The van der Waals surface area contributed by atoms with Gasteiger partial charge in [-0.05, 0) is 31.1 Å². The van der Waals surface area contributed by atoms with Crippen LogP contribution < -0.4 is 0 Å². The molecule has 6 nitrogen and oxygen atoms in total. The summed E-state index contributed by atoms with van der Waals surface area (Å²) in [6, 6.07) is 9.54. The number of carbonyl (C=O) groups excluding carboxylic acids is 2. The molecule has 1 aromatic carbocycles. The average Bonchev–Trinajstić information content (AvgIpc) is 3.11. The van der Waals surface area contributed by atoms with Gasteiger partial charge >= 0.3 is 6.09 Å². The Bertz CT molecular complexity index is 707. The predicted molar refractivity (Wildman–Crippen MR) is 119 cm³/mol. The van der Waals surface area contributed by atoms with E-state index in [0.717, 1.165) is 18.4 Å². The number of imide groups is 1. The van der Waals surface area contributed by atoms with Gasteiger partial charge in [0.15, 0.2) is 6.29 Å². The smallest absolute Gasteiger partial charge is 0.417 e. The van der Waals surface area contributed by atoms with Crippen LogP contribution in [0, 0.1) is 0 Å². The van der Waals surface area contributed by atoms with Gasteiger partial charge in [0.05, 0.1) is 6.04 Å². The maximum atomic E-state index is 13.6. The number of cyclic esters (lactones) is 1. The molecule has 0 saturated carbocycles. The van der Waals surface area contributed by atoms with E-state index in [1.165, 1.54) is 16.7 Å². The van der Waals surface area contributed by atoms with E-state index < -0.39 is 10.8 Å². The quantitative estimate of drug-likeness (QED) is 0.357. The molecule has 1 fully saturated rings. The Morgan fingerprint density at radius 3 is 2.67 bits per heavy atom. The number of thioether (sulfide) groups is 1. The van der Waals surface area contributed by atoms with E-state index in [2.05, 4.69) is 6.92 Å². The largest absolute Gasteiger partial charge is 0.447 e. The number of hydrogen-bond donors (Lipinski definition) is 0. The first-order chi connectivity index (χ1) is 14.4. The summed E-state index contributed by atoms with van der Waals surface area (Å²) >= 11 is 1.49. The first kappa shape index (κ1) is 24.4. The van der Waals surface area contributed by atoms with Crippen LogP contribution in [0.25, 0.3) is 0 Å². The number of ether oxygens (including phenoxy) is 3. The van der Waals surface area contributed by atoms with Crippen molar-refractivity contribution in [2.75, 3.05) is 26.6 Å². The molecule has 0 N–H and O–H groups in total. The topological polar surface area (TPSA) is 65.1 Å². The minimum atomic E-state index is -0.875. The molecular formula is C23H33NO5S. The number of allylic oxidation sites excluding steroid dienone is 1. The third-order valence-corrected chi connectivity index (χ3v) is 6.44. The van der Waals surface area contributed by atoms with E-state index in [1.807, 2.05) is 49.4 Å². The first-order valence-corrected chi connectivity index (χ1v) is 11.3. The highest BCUT2D eigenvalue weighted by Crippen LogP contribution is 2.33. The van der Waals surface area contributed by atoms with Crippen LogP contribution in [-0.4, -0.2) is 60.6 Å². The van der Waals surface area contributed by atoms with Gasteiger partial charge in [-0.2, -0.15) is 0 Å². The van der Waals surface area contributed by atoms with E-state index in [9.17, 15) is 9.59 Å². The molecule has 0 spiro atoms. The molecule has 1 aliphatic heterocycles. The van der Waals surface area contributed by atoms with Crippen LogP contribution in [-0.2, 0) is 25.4 Å². The SMILES string of the molecule is CCC/C=C/[C@](C)(SCCC(OC)OC)C(=O)N1C(=O)OC[C@H]1Cc1ccccc1. The Balaban J connectivity index is 2.17. The van der Waals surface area contributed by atoms with Gasteiger partial charge in [0.1, 0.15) is 11.4 Å². The lowest BCUT2D eigenvalue weighted by Gasteiger charge is -2.31. The van der Waals surface area contributed by atoms with Gasteiger partial charge in [-0.25, -0.2) is 9.69 Å². The summed E-state index contributed by atoms with van der Waals surface area (Å²) in [4.78, 5) is 27.4. The second-order valence-corrected chi connectivity index (χ2v) is 8.98. The van der Waals surface area contributed by atoms with Crippen LogP contribution >= 0.6 is 11.8 Å². The van der Waals surface area contributed by atoms with E-state index in [-0.39, 0.29) is 24.8 Å². The molecule has 1 aromatic rings. The Kier molecular flexibility index (Phi) is 9.88. The van der Waals surface area contributed by atoms with E-state index in [4.69, 9.17) is 14.2 Å². The third-order valence-electron chi connectivity index (χ3n) is 5.09. The van der Waals surface area contributed by atoms with Crippen molar-refractivity contribution in [3.63, 3.8) is 0 Å². The molecule has 166 valence electrons. The molecular weight excluding hydrogens is 402 g/mol. The van der Waals surface area contributed by atoms with Crippen LogP contribution in [0.1, 0.15) is 38.7 Å². The maximum Gasteiger partial charge on any atom is 0.417 e. The number of nitrogens with zero attached hydrogens (tertiary/aromatic N) is 1. The number of unbranched alkanes of at least 4 members (excludes halogenated alkanes) is 1. The Hall–Kier alpha value is -1.83. The molecule has 1 saturated heterocycles. The van der Waals surface area contributed by atoms with Crippen LogP contribution in [0.3, 0.4) is 0 Å². The van der Waals surface area contributed by atoms with Crippen molar-refractivity contribution in [2.45, 2.75) is 56.6 Å². The van der Waals surface area contributed by atoms with Crippen molar-refractivity contribution in [1.82, 2.24) is 4.90 Å².